The summed E-state index contributed by atoms with van der Waals surface area (Å²) in [5.41, 5.74) is 2.50. The molecule has 2 aromatic carbocycles. The van der Waals surface area contributed by atoms with E-state index in [2.05, 4.69) is 17.1 Å². The molecule has 1 atom stereocenters. The van der Waals surface area contributed by atoms with Crippen molar-refractivity contribution in [3.05, 3.63) is 71.3 Å². The number of aliphatic imine (C=N–C) groups is 1. The number of nitrogens with one attached hydrogen (secondary N) is 1. The van der Waals surface area contributed by atoms with Crippen molar-refractivity contribution < 1.29 is 14.3 Å². The number of carbonyl (C=O) groups is 1. The van der Waals surface area contributed by atoms with Crippen LogP contribution in [0.2, 0.25) is 0 Å². The van der Waals surface area contributed by atoms with Gasteiger partial charge in [-0.15, -0.1) is 24.0 Å². The number of esters is 1. The first kappa shape index (κ1) is 25.1. The highest BCUT2D eigenvalue weighted by molar-refractivity contribution is 14.0. The van der Waals surface area contributed by atoms with E-state index in [1.165, 1.54) is 0 Å². The number of ether oxygens (including phenoxy) is 2. The van der Waals surface area contributed by atoms with Crippen LogP contribution in [0.15, 0.2) is 59.6 Å². The Balaban J connectivity index is 0.00000341. The average molecular weight is 537 g/mol. The Kier molecular flexibility index (Phi) is 10.8. The minimum atomic E-state index is -0.321. The number of methoxy groups -OCH3 is 1. The van der Waals surface area contributed by atoms with Gasteiger partial charge in [0, 0.05) is 32.7 Å². The summed E-state index contributed by atoms with van der Waals surface area (Å²) in [6, 6.07) is 17.2. The molecule has 1 saturated heterocycles. The molecule has 1 aliphatic heterocycles. The van der Waals surface area contributed by atoms with E-state index in [-0.39, 0.29) is 36.6 Å². The van der Waals surface area contributed by atoms with Gasteiger partial charge in [-0.2, -0.15) is 0 Å². The van der Waals surface area contributed by atoms with Crippen LogP contribution in [-0.2, 0) is 22.6 Å². The summed E-state index contributed by atoms with van der Waals surface area (Å²) in [4.78, 5) is 19.5. The Hall–Kier alpha value is -2.13. The standard InChI is InChI=1S/C24H31N3O3.HI/c1-3-25-24(27-13-12-21(16-27)17-29-2)26-15-20-10-7-11-22(14-20)23(28)30-18-19-8-5-4-6-9-19;/h4-11,14,21H,3,12-13,15-18H2,1-2H3,(H,25,26);1H. The zero-order valence-electron chi connectivity index (χ0n) is 18.3. The van der Waals surface area contributed by atoms with Crippen molar-refractivity contribution in [3.8, 4) is 0 Å². The second-order valence-corrected chi connectivity index (χ2v) is 7.49. The van der Waals surface area contributed by atoms with Crippen molar-refractivity contribution in [1.82, 2.24) is 10.2 Å². The normalized spacial score (nSPS) is 16.0. The Morgan fingerprint density at radius 1 is 1.16 bits per heavy atom. The number of nitrogens with zero attached hydrogens (tertiary/aromatic N) is 2. The van der Waals surface area contributed by atoms with Crippen LogP contribution in [0.1, 0.15) is 34.8 Å². The molecular weight excluding hydrogens is 505 g/mol. The first-order chi connectivity index (χ1) is 14.7. The predicted molar refractivity (Wildman–Crippen MR) is 134 cm³/mol. The highest BCUT2D eigenvalue weighted by Crippen LogP contribution is 2.17. The van der Waals surface area contributed by atoms with Crippen LogP contribution in [0.25, 0.3) is 0 Å². The van der Waals surface area contributed by atoms with E-state index < -0.39 is 0 Å². The Morgan fingerprint density at radius 2 is 1.94 bits per heavy atom. The van der Waals surface area contributed by atoms with Crippen LogP contribution in [0, 0.1) is 5.92 Å². The van der Waals surface area contributed by atoms with E-state index in [4.69, 9.17) is 14.5 Å². The number of rotatable bonds is 8. The second-order valence-electron chi connectivity index (χ2n) is 7.49. The van der Waals surface area contributed by atoms with E-state index in [0.29, 0.717) is 18.0 Å². The van der Waals surface area contributed by atoms with Gasteiger partial charge in [0.25, 0.3) is 0 Å². The lowest BCUT2D eigenvalue weighted by Gasteiger charge is -2.21. The fourth-order valence-corrected chi connectivity index (χ4v) is 3.59. The maximum atomic E-state index is 12.4. The third kappa shape index (κ3) is 7.81. The van der Waals surface area contributed by atoms with Gasteiger partial charge in [0.05, 0.1) is 18.7 Å². The highest BCUT2D eigenvalue weighted by Gasteiger charge is 2.24. The van der Waals surface area contributed by atoms with Crippen LogP contribution in [0.5, 0.6) is 0 Å². The monoisotopic (exact) mass is 537 g/mol. The molecule has 0 bridgehead atoms. The lowest BCUT2D eigenvalue weighted by atomic mass is 10.1. The molecule has 6 nitrogen and oxygen atoms in total. The van der Waals surface area contributed by atoms with Crippen molar-refractivity contribution in [2.45, 2.75) is 26.5 Å². The van der Waals surface area contributed by atoms with Gasteiger partial charge in [0.15, 0.2) is 5.96 Å². The molecule has 2 aromatic rings. The first-order valence-corrected chi connectivity index (χ1v) is 10.5. The molecule has 168 valence electrons. The van der Waals surface area contributed by atoms with Gasteiger partial charge in [-0.05, 0) is 36.6 Å². The summed E-state index contributed by atoms with van der Waals surface area (Å²) in [5, 5.41) is 3.38. The molecule has 0 aliphatic carbocycles. The fraction of sp³-hybridized carbons (Fsp3) is 0.417. The van der Waals surface area contributed by atoms with Gasteiger partial charge in [-0.3, -0.25) is 0 Å². The van der Waals surface area contributed by atoms with E-state index >= 15 is 0 Å². The predicted octanol–water partition coefficient (Wildman–Crippen LogP) is 4.10. The molecule has 1 heterocycles. The molecule has 7 heteroatoms. The third-order valence-electron chi connectivity index (χ3n) is 5.11. The lowest BCUT2D eigenvalue weighted by molar-refractivity contribution is 0.0472. The minimum absolute atomic E-state index is 0. The smallest absolute Gasteiger partial charge is 0.338 e. The van der Waals surface area contributed by atoms with E-state index in [0.717, 1.165) is 49.7 Å². The van der Waals surface area contributed by atoms with Crippen LogP contribution in [-0.4, -0.2) is 50.2 Å². The highest BCUT2D eigenvalue weighted by atomic mass is 127. The summed E-state index contributed by atoms with van der Waals surface area (Å²) >= 11 is 0. The molecule has 1 aliphatic rings. The Bertz CT molecular complexity index is 845. The Labute approximate surface area is 202 Å². The largest absolute Gasteiger partial charge is 0.457 e. The van der Waals surface area contributed by atoms with Gasteiger partial charge in [-0.25, -0.2) is 9.79 Å². The SMILES string of the molecule is CCNC(=NCc1cccc(C(=O)OCc2ccccc2)c1)N1CCC(COC)C1.I. The van der Waals surface area contributed by atoms with Crippen LogP contribution < -0.4 is 5.32 Å². The number of guanidine groups is 1. The molecular formula is C24H32IN3O3. The van der Waals surface area contributed by atoms with Gasteiger partial charge in [0.2, 0.25) is 0 Å². The minimum Gasteiger partial charge on any atom is -0.457 e. The molecule has 3 rings (SSSR count). The van der Waals surface area contributed by atoms with E-state index in [9.17, 15) is 4.79 Å². The van der Waals surface area contributed by atoms with Crippen LogP contribution in [0.4, 0.5) is 0 Å². The first-order valence-electron chi connectivity index (χ1n) is 10.5. The van der Waals surface area contributed by atoms with Crippen molar-refractivity contribution in [3.63, 3.8) is 0 Å². The Morgan fingerprint density at radius 3 is 2.68 bits per heavy atom. The van der Waals surface area contributed by atoms with Crippen molar-refractivity contribution in [2.24, 2.45) is 10.9 Å². The summed E-state index contributed by atoms with van der Waals surface area (Å²) < 4.78 is 10.7. The summed E-state index contributed by atoms with van der Waals surface area (Å²) in [6.45, 7) is 6.37. The van der Waals surface area contributed by atoms with Crippen LogP contribution in [0.3, 0.4) is 0 Å². The van der Waals surface area contributed by atoms with Gasteiger partial charge < -0.3 is 19.7 Å². The molecule has 31 heavy (non-hydrogen) atoms. The fourth-order valence-electron chi connectivity index (χ4n) is 3.59. The molecule has 0 saturated carbocycles. The molecule has 0 spiro atoms. The number of hydrogen-bond acceptors (Lipinski definition) is 4. The number of benzene rings is 2. The number of halogens is 1. The zero-order chi connectivity index (χ0) is 21.2. The maximum absolute atomic E-state index is 12.4. The summed E-state index contributed by atoms with van der Waals surface area (Å²) in [5.74, 6) is 1.13. The molecule has 1 unspecified atom stereocenters. The van der Waals surface area contributed by atoms with Gasteiger partial charge in [0.1, 0.15) is 6.61 Å². The molecule has 0 aromatic heterocycles. The second kappa shape index (κ2) is 13.3. The van der Waals surface area contributed by atoms with Crippen molar-refractivity contribution in [1.29, 1.82) is 0 Å². The quantitative estimate of drug-likeness (QED) is 0.238. The average Bonchev–Trinajstić information content (AvgIpc) is 3.24. The molecule has 0 radical (unpaired) electrons. The summed E-state index contributed by atoms with van der Waals surface area (Å²) in [7, 11) is 1.75. The third-order valence-corrected chi connectivity index (χ3v) is 5.11. The number of hydrogen-bond donors (Lipinski definition) is 1. The van der Waals surface area contributed by atoms with Crippen LogP contribution >= 0.6 is 24.0 Å². The number of carbonyl (C=O) groups excluding carboxylic acids is 1. The lowest BCUT2D eigenvalue weighted by Crippen LogP contribution is -2.40. The van der Waals surface area contributed by atoms with Gasteiger partial charge >= 0.3 is 5.97 Å². The molecule has 1 N–H and O–H groups in total. The number of likely N-dealkylation sites (tertiary alicyclic amines) is 1. The van der Waals surface area contributed by atoms with E-state index in [1.54, 1.807) is 13.2 Å². The zero-order valence-corrected chi connectivity index (χ0v) is 20.6. The molecule has 0 amide bonds. The molecule has 1 fully saturated rings. The van der Waals surface area contributed by atoms with Crippen molar-refractivity contribution in [2.75, 3.05) is 33.4 Å². The maximum Gasteiger partial charge on any atom is 0.338 e. The summed E-state index contributed by atoms with van der Waals surface area (Å²) in [6.07, 6.45) is 1.11. The topological polar surface area (TPSA) is 63.2 Å². The van der Waals surface area contributed by atoms with Crippen molar-refractivity contribution >= 4 is 35.9 Å². The van der Waals surface area contributed by atoms with Gasteiger partial charge in [-0.1, -0.05) is 42.5 Å². The van der Waals surface area contributed by atoms with E-state index in [1.807, 2.05) is 48.5 Å².